The molecule has 0 aliphatic carbocycles. The molecule has 2 aromatic rings. The van der Waals surface area contributed by atoms with Crippen molar-refractivity contribution >= 4 is 0 Å². The van der Waals surface area contributed by atoms with Crippen LogP contribution in [0.15, 0.2) is 72.9 Å². The Balaban J connectivity index is 2.19. The lowest BCUT2D eigenvalue weighted by atomic mass is 9.88. The highest BCUT2D eigenvalue weighted by molar-refractivity contribution is 5.33. The first-order valence-corrected chi connectivity index (χ1v) is 8.63. The van der Waals surface area contributed by atoms with Crippen LogP contribution >= 0.6 is 0 Å². The molecule has 0 radical (unpaired) electrons. The molecule has 0 saturated carbocycles. The monoisotopic (exact) mass is 307 g/mol. The van der Waals surface area contributed by atoms with E-state index in [1.54, 1.807) is 0 Å². The van der Waals surface area contributed by atoms with Gasteiger partial charge in [-0.2, -0.15) is 0 Å². The van der Waals surface area contributed by atoms with Crippen molar-refractivity contribution in [3.05, 3.63) is 84.1 Å². The van der Waals surface area contributed by atoms with E-state index in [-0.39, 0.29) is 0 Å². The van der Waals surface area contributed by atoms with Gasteiger partial charge in [0.25, 0.3) is 0 Å². The van der Waals surface area contributed by atoms with Crippen molar-refractivity contribution < 1.29 is 0 Å². The van der Waals surface area contributed by atoms with Gasteiger partial charge >= 0.3 is 0 Å². The van der Waals surface area contributed by atoms with E-state index in [4.69, 9.17) is 0 Å². The summed E-state index contributed by atoms with van der Waals surface area (Å²) in [6.07, 6.45) is 5.61. The van der Waals surface area contributed by atoms with Crippen LogP contribution in [0.4, 0.5) is 0 Å². The highest BCUT2D eigenvalue weighted by Gasteiger charge is 2.13. The maximum Gasteiger partial charge on any atom is 0.0230 e. The zero-order valence-corrected chi connectivity index (χ0v) is 14.8. The molecule has 1 heteroatoms. The second-order valence-electron chi connectivity index (χ2n) is 6.63. The standard InChI is InChI=1S/C22H29N/c1-18(2)23(19(3)4)17-11-16-22(20-12-7-5-8-13-20)21-14-9-6-10-15-21/h5-15,17-19,22H,16H2,1-4H3/b17-11+. The van der Waals surface area contributed by atoms with Crippen molar-refractivity contribution in [3.63, 3.8) is 0 Å². The summed E-state index contributed by atoms with van der Waals surface area (Å²) in [6, 6.07) is 22.7. The summed E-state index contributed by atoms with van der Waals surface area (Å²) >= 11 is 0. The fourth-order valence-electron chi connectivity index (χ4n) is 3.09. The number of hydrogen-bond donors (Lipinski definition) is 0. The number of allylic oxidation sites excluding steroid dienone is 1. The summed E-state index contributed by atoms with van der Waals surface area (Å²) in [6.45, 7) is 8.98. The third-order valence-electron chi connectivity index (χ3n) is 4.25. The van der Waals surface area contributed by atoms with Gasteiger partial charge in [0.15, 0.2) is 0 Å². The zero-order chi connectivity index (χ0) is 16.7. The summed E-state index contributed by atoms with van der Waals surface area (Å²) in [4.78, 5) is 2.41. The molecule has 0 aliphatic rings. The minimum absolute atomic E-state index is 0.412. The molecule has 122 valence electrons. The summed E-state index contributed by atoms with van der Waals surface area (Å²) in [5, 5.41) is 0. The van der Waals surface area contributed by atoms with Gasteiger partial charge in [0.1, 0.15) is 0 Å². The average Bonchev–Trinajstić information content (AvgIpc) is 2.56. The molecule has 2 rings (SSSR count). The molecule has 0 heterocycles. The van der Waals surface area contributed by atoms with Gasteiger partial charge in [-0.3, -0.25) is 0 Å². The van der Waals surface area contributed by atoms with Crippen molar-refractivity contribution in [2.75, 3.05) is 0 Å². The Morgan fingerprint density at radius 1 is 0.739 bits per heavy atom. The molecular formula is C22H29N. The van der Waals surface area contributed by atoms with E-state index in [1.165, 1.54) is 11.1 Å². The molecule has 0 spiro atoms. The van der Waals surface area contributed by atoms with Crippen molar-refractivity contribution in [3.8, 4) is 0 Å². The van der Waals surface area contributed by atoms with Crippen LogP contribution in [-0.2, 0) is 0 Å². The van der Waals surface area contributed by atoms with Crippen LogP contribution in [-0.4, -0.2) is 17.0 Å². The lowest BCUT2D eigenvalue weighted by Gasteiger charge is -2.29. The number of rotatable bonds is 7. The molecular weight excluding hydrogens is 278 g/mol. The van der Waals surface area contributed by atoms with Crippen LogP contribution in [0, 0.1) is 0 Å². The normalized spacial score (nSPS) is 11.8. The van der Waals surface area contributed by atoms with Crippen LogP contribution in [0.5, 0.6) is 0 Å². The van der Waals surface area contributed by atoms with E-state index in [0.717, 1.165) is 6.42 Å². The van der Waals surface area contributed by atoms with Crippen LogP contribution in [0.1, 0.15) is 51.2 Å². The zero-order valence-electron chi connectivity index (χ0n) is 14.8. The van der Waals surface area contributed by atoms with Crippen LogP contribution < -0.4 is 0 Å². The van der Waals surface area contributed by atoms with Crippen LogP contribution in [0.2, 0.25) is 0 Å². The lowest BCUT2D eigenvalue weighted by Crippen LogP contribution is -2.31. The molecule has 0 fully saturated rings. The topological polar surface area (TPSA) is 3.24 Å². The van der Waals surface area contributed by atoms with E-state index in [0.29, 0.717) is 18.0 Å². The first-order chi connectivity index (χ1) is 11.1. The van der Waals surface area contributed by atoms with Gasteiger partial charge in [-0.1, -0.05) is 66.7 Å². The Hall–Kier alpha value is -2.02. The summed E-state index contributed by atoms with van der Waals surface area (Å²) in [5.74, 6) is 0.412. The lowest BCUT2D eigenvalue weighted by molar-refractivity contribution is 0.255. The van der Waals surface area contributed by atoms with Crippen molar-refractivity contribution in [2.45, 2.75) is 52.1 Å². The minimum Gasteiger partial charge on any atom is -0.373 e. The maximum absolute atomic E-state index is 2.41. The van der Waals surface area contributed by atoms with Gasteiger partial charge < -0.3 is 4.90 Å². The van der Waals surface area contributed by atoms with E-state index >= 15 is 0 Å². The molecule has 0 aromatic heterocycles. The Labute approximate surface area is 141 Å². The van der Waals surface area contributed by atoms with E-state index < -0.39 is 0 Å². The van der Waals surface area contributed by atoms with Crippen LogP contribution in [0.25, 0.3) is 0 Å². The fourth-order valence-corrected chi connectivity index (χ4v) is 3.09. The smallest absolute Gasteiger partial charge is 0.0230 e. The largest absolute Gasteiger partial charge is 0.373 e. The van der Waals surface area contributed by atoms with Crippen molar-refractivity contribution in [2.24, 2.45) is 0 Å². The molecule has 2 aromatic carbocycles. The fraction of sp³-hybridized carbons (Fsp3) is 0.364. The summed E-state index contributed by atoms with van der Waals surface area (Å²) in [5.41, 5.74) is 2.76. The Kier molecular flexibility index (Phi) is 6.46. The molecule has 1 nitrogen and oxygen atoms in total. The quantitative estimate of drug-likeness (QED) is 0.621. The molecule has 0 atom stereocenters. The number of nitrogens with zero attached hydrogens (tertiary/aromatic N) is 1. The second kappa shape index (κ2) is 8.57. The first-order valence-electron chi connectivity index (χ1n) is 8.63. The SMILES string of the molecule is CC(C)N(/C=C/CC(c1ccccc1)c1ccccc1)C(C)C. The highest BCUT2D eigenvalue weighted by Crippen LogP contribution is 2.28. The van der Waals surface area contributed by atoms with Gasteiger partial charge in [-0.05, 0) is 51.4 Å². The van der Waals surface area contributed by atoms with Crippen LogP contribution in [0.3, 0.4) is 0 Å². The van der Waals surface area contributed by atoms with Gasteiger partial charge in [-0.25, -0.2) is 0 Å². The van der Waals surface area contributed by atoms with Gasteiger partial charge in [0.05, 0.1) is 0 Å². The molecule has 0 amide bonds. The van der Waals surface area contributed by atoms with E-state index in [2.05, 4.69) is 106 Å². The highest BCUT2D eigenvalue weighted by atomic mass is 15.1. The van der Waals surface area contributed by atoms with E-state index in [9.17, 15) is 0 Å². The Morgan fingerprint density at radius 2 is 1.17 bits per heavy atom. The molecule has 0 N–H and O–H groups in total. The van der Waals surface area contributed by atoms with Gasteiger partial charge in [0.2, 0.25) is 0 Å². The van der Waals surface area contributed by atoms with Gasteiger partial charge in [0, 0.05) is 18.0 Å². The minimum atomic E-state index is 0.412. The third kappa shape index (κ3) is 4.99. The van der Waals surface area contributed by atoms with Gasteiger partial charge in [-0.15, -0.1) is 0 Å². The summed E-state index contributed by atoms with van der Waals surface area (Å²) in [7, 11) is 0. The second-order valence-corrected chi connectivity index (χ2v) is 6.63. The first kappa shape index (κ1) is 17.3. The average molecular weight is 307 g/mol. The Morgan fingerprint density at radius 3 is 1.57 bits per heavy atom. The molecule has 0 aliphatic heterocycles. The van der Waals surface area contributed by atoms with Crippen molar-refractivity contribution in [1.82, 2.24) is 4.90 Å². The predicted molar refractivity (Wildman–Crippen MR) is 101 cm³/mol. The number of benzene rings is 2. The third-order valence-corrected chi connectivity index (χ3v) is 4.25. The molecule has 0 unspecified atom stereocenters. The van der Waals surface area contributed by atoms with Crippen molar-refractivity contribution in [1.29, 1.82) is 0 Å². The predicted octanol–water partition coefficient (Wildman–Crippen LogP) is 5.84. The number of hydrogen-bond acceptors (Lipinski definition) is 1. The summed E-state index contributed by atoms with van der Waals surface area (Å²) < 4.78 is 0. The van der Waals surface area contributed by atoms with E-state index in [1.807, 2.05) is 0 Å². The molecule has 23 heavy (non-hydrogen) atoms. The maximum atomic E-state index is 2.41. The molecule has 0 bridgehead atoms. The molecule has 0 saturated heterocycles. The Bertz CT molecular complexity index is 536.